The highest BCUT2D eigenvalue weighted by Gasteiger charge is 2.34. The maximum Gasteiger partial charge on any atom is 0.359 e. The average molecular weight is 393 g/mol. The van der Waals surface area contributed by atoms with Crippen LogP contribution in [0.5, 0.6) is 17.2 Å². The molecule has 0 aliphatic heterocycles. The summed E-state index contributed by atoms with van der Waals surface area (Å²) in [5, 5.41) is 19.7. The molecule has 0 atom stereocenters. The molecule has 0 aliphatic carbocycles. The van der Waals surface area contributed by atoms with Crippen LogP contribution in [0.3, 0.4) is 0 Å². The Bertz CT molecular complexity index is 825. The van der Waals surface area contributed by atoms with E-state index < -0.39 is 17.7 Å². The number of hydrogen-bond acceptors (Lipinski definition) is 8. The number of carbonyl (C=O) groups is 2. The molecule has 1 aromatic carbocycles. The van der Waals surface area contributed by atoms with Gasteiger partial charge in [0.05, 0.1) is 26.9 Å². The fourth-order valence-electron chi connectivity index (χ4n) is 2.58. The smallest absolute Gasteiger partial charge is 0.359 e. The molecule has 1 aromatic heterocycles. The molecular formula is C19H23NO8. The highest BCUT2D eigenvalue weighted by molar-refractivity contribution is 6.00. The third-order valence-corrected chi connectivity index (χ3v) is 3.71. The molecule has 0 fully saturated rings. The number of aliphatic hydroxyl groups is 1. The monoisotopic (exact) mass is 393 g/mol. The van der Waals surface area contributed by atoms with Gasteiger partial charge in [-0.15, -0.1) is 0 Å². The number of carbonyl (C=O) groups excluding carboxylic acids is 2. The van der Waals surface area contributed by atoms with Gasteiger partial charge < -0.3 is 29.2 Å². The Morgan fingerprint density at radius 1 is 1.00 bits per heavy atom. The Labute approximate surface area is 162 Å². The Balaban J connectivity index is 2.77. The summed E-state index contributed by atoms with van der Waals surface area (Å²) < 4.78 is 21.8. The lowest BCUT2D eigenvalue weighted by molar-refractivity contribution is 0.0506. The van der Waals surface area contributed by atoms with E-state index in [9.17, 15) is 14.7 Å². The molecule has 9 heteroatoms. The first-order valence-electron chi connectivity index (χ1n) is 8.70. The molecule has 2 rings (SSSR count). The Kier molecular flexibility index (Phi) is 7.28. The van der Waals surface area contributed by atoms with Crippen LogP contribution in [0.2, 0.25) is 0 Å². The quantitative estimate of drug-likeness (QED) is 0.621. The number of ether oxygens (including phenoxy) is 4. The van der Waals surface area contributed by atoms with Crippen molar-refractivity contribution < 1.29 is 38.7 Å². The summed E-state index contributed by atoms with van der Waals surface area (Å²) in [5.74, 6) is -1.94. The highest BCUT2D eigenvalue weighted by Crippen LogP contribution is 2.40. The number of methoxy groups -OCH3 is 1. The number of rotatable bonds is 9. The van der Waals surface area contributed by atoms with E-state index in [4.69, 9.17) is 24.1 Å². The second kappa shape index (κ2) is 9.65. The van der Waals surface area contributed by atoms with Crippen molar-refractivity contribution in [1.29, 1.82) is 0 Å². The van der Waals surface area contributed by atoms with Crippen LogP contribution in [0.4, 0.5) is 0 Å². The number of aromatic nitrogens is 1. The maximum absolute atomic E-state index is 12.6. The van der Waals surface area contributed by atoms with E-state index in [0.717, 1.165) is 0 Å². The minimum absolute atomic E-state index is 0.0631. The van der Waals surface area contributed by atoms with Crippen LogP contribution in [0.15, 0.2) is 24.3 Å². The van der Waals surface area contributed by atoms with Crippen molar-refractivity contribution in [3.05, 3.63) is 35.7 Å². The third kappa shape index (κ3) is 4.20. The summed E-state index contributed by atoms with van der Waals surface area (Å²) in [7, 11) is 1.51. The molecule has 9 nitrogen and oxygen atoms in total. The fraction of sp³-hybridized carbons (Fsp3) is 0.368. The molecule has 0 amide bonds. The molecule has 0 unspecified atom stereocenters. The zero-order chi connectivity index (χ0) is 20.7. The van der Waals surface area contributed by atoms with Crippen molar-refractivity contribution in [1.82, 2.24) is 4.57 Å². The first-order valence-corrected chi connectivity index (χ1v) is 8.70. The lowest BCUT2D eigenvalue weighted by Gasteiger charge is -2.13. The number of aromatic hydroxyl groups is 1. The van der Waals surface area contributed by atoms with Crippen molar-refractivity contribution >= 4 is 11.9 Å². The predicted octanol–water partition coefficient (Wildman–Crippen LogP) is 1.92. The van der Waals surface area contributed by atoms with Gasteiger partial charge in [-0.2, -0.15) is 0 Å². The van der Waals surface area contributed by atoms with Gasteiger partial charge in [-0.05, 0) is 38.1 Å². The first kappa shape index (κ1) is 21.1. The lowest BCUT2D eigenvalue weighted by atomic mass is 10.2. The van der Waals surface area contributed by atoms with Crippen LogP contribution in [0, 0.1) is 0 Å². The van der Waals surface area contributed by atoms with Crippen molar-refractivity contribution in [3.8, 4) is 22.9 Å². The van der Waals surface area contributed by atoms with Crippen LogP contribution in [0.1, 0.15) is 34.8 Å². The number of benzene rings is 1. The summed E-state index contributed by atoms with van der Waals surface area (Å²) in [5.41, 5.74) is -0.106. The van der Waals surface area contributed by atoms with Crippen LogP contribution in [-0.2, 0) is 9.47 Å². The minimum atomic E-state index is -0.847. The fourth-order valence-corrected chi connectivity index (χ4v) is 2.58. The topological polar surface area (TPSA) is 116 Å². The van der Waals surface area contributed by atoms with E-state index in [0.29, 0.717) is 11.4 Å². The van der Waals surface area contributed by atoms with E-state index in [-0.39, 0.29) is 43.6 Å². The summed E-state index contributed by atoms with van der Waals surface area (Å²) in [4.78, 5) is 25.1. The second-order valence-corrected chi connectivity index (χ2v) is 5.42. The van der Waals surface area contributed by atoms with Crippen LogP contribution >= 0.6 is 0 Å². The van der Waals surface area contributed by atoms with E-state index in [1.807, 2.05) is 0 Å². The largest absolute Gasteiger partial charge is 0.503 e. The molecule has 2 aromatic rings. The molecule has 2 N–H and O–H groups in total. The summed E-state index contributed by atoms with van der Waals surface area (Å²) >= 11 is 0. The van der Waals surface area contributed by atoms with E-state index >= 15 is 0 Å². The number of aliphatic hydroxyl groups excluding tert-OH is 1. The van der Waals surface area contributed by atoms with Crippen molar-refractivity contribution in [2.45, 2.75) is 13.8 Å². The Morgan fingerprint density at radius 2 is 1.57 bits per heavy atom. The maximum atomic E-state index is 12.6. The minimum Gasteiger partial charge on any atom is -0.503 e. The van der Waals surface area contributed by atoms with Crippen molar-refractivity contribution in [3.63, 3.8) is 0 Å². The first-order chi connectivity index (χ1) is 13.5. The molecule has 1 heterocycles. The Hall–Kier alpha value is -3.20. The molecule has 152 valence electrons. The van der Waals surface area contributed by atoms with Gasteiger partial charge >= 0.3 is 11.9 Å². The van der Waals surface area contributed by atoms with Gasteiger partial charge in [0.1, 0.15) is 12.4 Å². The molecule has 0 aliphatic rings. The van der Waals surface area contributed by atoms with E-state index in [1.54, 1.807) is 38.1 Å². The SMILES string of the molecule is CCOC(=O)c1c(O)c(OCCO)c(C(=O)OCC)n1-c1ccc(OC)cc1. The third-order valence-electron chi connectivity index (χ3n) is 3.71. The molecule has 0 saturated carbocycles. The van der Waals surface area contributed by atoms with Gasteiger partial charge in [0.2, 0.25) is 0 Å². The zero-order valence-electron chi connectivity index (χ0n) is 15.9. The molecule has 0 saturated heterocycles. The van der Waals surface area contributed by atoms with E-state index in [1.165, 1.54) is 11.7 Å². The van der Waals surface area contributed by atoms with Gasteiger partial charge in [-0.25, -0.2) is 9.59 Å². The van der Waals surface area contributed by atoms with Gasteiger partial charge in [0.25, 0.3) is 0 Å². The molecule has 0 radical (unpaired) electrons. The van der Waals surface area contributed by atoms with Gasteiger partial charge in [0, 0.05) is 5.69 Å². The highest BCUT2D eigenvalue weighted by atomic mass is 16.5. The molecule has 0 bridgehead atoms. The van der Waals surface area contributed by atoms with Gasteiger partial charge in [-0.3, -0.25) is 4.57 Å². The summed E-state index contributed by atoms with van der Waals surface area (Å²) in [6.07, 6.45) is 0. The normalized spacial score (nSPS) is 10.4. The van der Waals surface area contributed by atoms with Crippen molar-refractivity contribution in [2.75, 3.05) is 33.5 Å². The number of esters is 2. The van der Waals surface area contributed by atoms with Crippen LogP contribution < -0.4 is 9.47 Å². The van der Waals surface area contributed by atoms with E-state index in [2.05, 4.69) is 0 Å². The predicted molar refractivity (Wildman–Crippen MR) is 98.5 cm³/mol. The van der Waals surface area contributed by atoms with Crippen LogP contribution in [0.25, 0.3) is 5.69 Å². The standard InChI is InChI=1S/C19H23NO8/c1-4-26-18(23)14-16(22)17(28-11-10-21)15(19(24)27-5-2)20(14)12-6-8-13(25-3)9-7-12/h6-9,21-22H,4-5,10-11H2,1-3H3. The number of nitrogens with zero attached hydrogens (tertiary/aromatic N) is 1. The van der Waals surface area contributed by atoms with Crippen molar-refractivity contribution in [2.24, 2.45) is 0 Å². The molecular weight excluding hydrogens is 370 g/mol. The summed E-state index contributed by atoms with van der Waals surface area (Å²) in [6.45, 7) is 2.82. The van der Waals surface area contributed by atoms with Gasteiger partial charge in [0.15, 0.2) is 22.9 Å². The molecule has 28 heavy (non-hydrogen) atoms. The lowest BCUT2D eigenvalue weighted by Crippen LogP contribution is -2.17. The zero-order valence-corrected chi connectivity index (χ0v) is 15.9. The summed E-state index contributed by atoms with van der Waals surface area (Å²) in [6, 6.07) is 6.45. The molecule has 0 spiro atoms. The number of hydrogen-bond donors (Lipinski definition) is 2. The van der Waals surface area contributed by atoms with Gasteiger partial charge in [-0.1, -0.05) is 0 Å². The Morgan fingerprint density at radius 3 is 2.07 bits per heavy atom. The average Bonchev–Trinajstić information content (AvgIpc) is 2.99. The van der Waals surface area contributed by atoms with Crippen LogP contribution in [-0.4, -0.2) is 60.3 Å². The second-order valence-electron chi connectivity index (χ2n) is 5.42.